The van der Waals surface area contributed by atoms with E-state index in [0.29, 0.717) is 0 Å². The van der Waals surface area contributed by atoms with Crippen molar-refractivity contribution in [3.8, 4) is 11.5 Å². The second kappa shape index (κ2) is 6.19. The lowest BCUT2D eigenvalue weighted by molar-refractivity contribution is 0.0954. The van der Waals surface area contributed by atoms with Gasteiger partial charge in [0.2, 0.25) is 0 Å². The van der Waals surface area contributed by atoms with Crippen LogP contribution >= 0.6 is 0 Å². The minimum Gasteiger partial charge on any atom is -0.504 e. The number of rotatable bonds is 3. The van der Waals surface area contributed by atoms with Crippen LogP contribution in [-0.4, -0.2) is 22.3 Å². The second-order valence-corrected chi connectivity index (χ2v) is 4.97. The van der Waals surface area contributed by atoms with Gasteiger partial charge in [0.05, 0.1) is 6.21 Å². The monoisotopic (exact) mass is 306 g/mol. The third-order valence-corrected chi connectivity index (χ3v) is 3.43. The van der Waals surface area contributed by atoms with E-state index >= 15 is 0 Å². The molecular weight excluding hydrogens is 292 g/mol. The van der Waals surface area contributed by atoms with Crippen molar-refractivity contribution in [3.05, 3.63) is 71.8 Å². The molecule has 3 aromatic rings. The Kier molecular flexibility index (Phi) is 3.93. The molecule has 0 aromatic heterocycles. The number of hydrogen-bond acceptors (Lipinski definition) is 4. The van der Waals surface area contributed by atoms with Gasteiger partial charge in [-0.3, -0.25) is 4.79 Å². The fourth-order valence-electron chi connectivity index (χ4n) is 2.25. The van der Waals surface area contributed by atoms with Crippen LogP contribution < -0.4 is 5.43 Å². The zero-order valence-corrected chi connectivity index (χ0v) is 12.1. The van der Waals surface area contributed by atoms with Crippen LogP contribution in [-0.2, 0) is 0 Å². The number of hydrazone groups is 1. The number of hydrogen-bond donors (Lipinski definition) is 3. The molecule has 0 saturated carbocycles. The van der Waals surface area contributed by atoms with Crippen molar-refractivity contribution in [1.29, 1.82) is 0 Å². The standard InChI is InChI=1S/C18H14N2O3/c21-16-9-8-13(10-17(16)22)18(23)20-19-11-14-6-3-5-12-4-1-2-7-15(12)14/h1-11,21-22H,(H,20,23). The highest BCUT2D eigenvalue weighted by Gasteiger charge is 2.07. The predicted molar refractivity (Wildman–Crippen MR) is 88.8 cm³/mol. The van der Waals surface area contributed by atoms with Crippen molar-refractivity contribution in [1.82, 2.24) is 5.43 Å². The third-order valence-electron chi connectivity index (χ3n) is 3.43. The van der Waals surface area contributed by atoms with Gasteiger partial charge >= 0.3 is 0 Å². The molecule has 0 saturated heterocycles. The first-order valence-corrected chi connectivity index (χ1v) is 6.98. The lowest BCUT2D eigenvalue weighted by atomic mass is 10.1. The highest BCUT2D eigenvalue weighted by Crippen LogP contribution is 2.24. The Bertz CT molecular complexity index is 898. The number of amides is 1. The molecular formula is C18H14N2O3. The molecule has 114 valence electrons. The van der Waals surface area contributed by atoms with Crippen LogP contribution in [0.2, 0.25) is 0 Å². The van der Waals surface area contributed by atoms with Crippen LogP contribution in [0.4, 0.5) is 0 Å². The summed E-state index contributed by atoms with van der Waals surface area (Å²) in [6.07, 6.45) is 1.57. The van der Waals surface area contributed by atoms with E-state index in [-0.39, 0.29) is 17.1 Å². The minimum atomic E-state index is -0.475. The topological polar surface area (TPSA) is 81.9 Å². The van der Waals surface area contributed by atoms with Gasteiger partial charge in [-0.2, -0.15) is 5.10 Å². The molecule has 0 unspecified atom stereocenters. The smallest absolute Gasteiger partial charge is 0.271 e. The van der Waals surface area contributed by atoms with Gasteiger partial charge in [-0.05, 0) is 29.0 Å². The molecule has 0 aliphatic heterocycles. The molecule has 0 aliphatic carbocycles. The largest absolute Gasteiger partial charge is 0.504 e. The van der Waals surface area contributed by atoms with Crippen molar-refractivity contribution in [3.63, 3.8) is 0 Å². The Morgan fingerprint density at radius 1 is 0.957 bits per heavy atom. The fourth-order valence-corrected chi connectivity index (χ4v) is 2.25. The highest BCUT2D eigenvalue weighted by atomic mass is 16.3. The third kappa shape index (κ3) is 3.13. The number of phenols is 2. The molecule has 23 heavy (non-hydrogen) atoms. The summed E-state index contributed by atoms with van der Waals surface area (Å²) in [5.41, 5.74) is 3.49. The summed E-state index contributed by atoms with van der Waals surface area (Å²) in [5, 5.41) is 24.7. The SMILES string of the molecule is O=C(NN=Cc1cccc2ccccc12)c1ccc(O)c(O)c1. The summed E-state index contributed by atoms with van der Waals surface area (Å²) in [5.74, 6) is -1.10. The van der Waals surface area contributed by atoms with E-state index in [1.165, 1.54) is 18.2 Å². The number of fused-ring (bicyclic) bond motifs is 1. The lowest BCUT2D eigenvalue weighted by Crippen LogP contribution is -2.17. The van der Waals surface area contributed by atoms with Gasteiger partial charge in [0, 0.05) is 11.1 Å². The van der Waals surface area contributed by atoms with Crippen molar-refractivity contribution in [2.75, 3.05) is 0 Å². The van der Waals surface area contributed by atoms with E-state index in [2.05, 4.69) is 10.5 Å². The van der Waals surface area contributed by atoms with Gasteiger partial charge in [0.15, 0.2) is 11.5 Å². The maximum Gasteiger partial charge on any atom is 0.271 e. The zero-order chi connectivity index (χ0) is 16.2. The Morgan fingerprint density at radius 2 is 1.74 bits per heavy atom. The molecule has 1 amide bonds. The summed E-state index contributed by atoms with van der Waals surface area (Å²) >= 11 is 0. The van der Waals surface area contributed by atoms with Crippen molar-refractivity contribution < 1.29 is 15.0 Å². The highest BCUT2D eigenvalue weighted by molar-refractivity contribution is 6.00. The number of phenolic OH excluding ortho intramolecular Hbond substituents is 2. The van der Waals surface area contributed by atoms with Crippen molar-refractivity contribution in [2.24, 2.45) is 5.10 Å². The van der Waals surface area contributed by atoms with Crippen LogP contribution in [0.1, 0.15) is 15.9 Å². The average molecular weight is 306 g/mol. The Morgan fingerprint density at radius 3 is 2.57 bits per heavy atom. The molecule has 0 atom stereocenters. The number of nitrogens with zero attached hydrogens (tertiary/aromatic N) is 1. The van der Waals surface area contributed by atoms with Crippen LogP contribution in [0.5, 0.6) is 11.5 Å². The second-order valence-electron chi connectivity index (χ2n) is 4.97. The fraction of sp³-hybridized carbons (Fsp3) is 0. The number of carbonyl (C=O) groups is 1. The van der Waals surface area contributed by atoms with Crippen LogP contribution in [0.25, 0.3) is 10.8 Å². The quantitative estimate of drug-likeness (QED) is 0.395. The molecule has 5 heteroatoms. The summed E-state index contributed by atoms with van der Waals surface area (Å²) in [6.45, 7) is 0. The molecule has 0 fully saturated rings. The number of nitrogens with one attached hydrogen (secondary N) is 1. The first kappa shape index (κ1) is 14.6. The maximum absolute atomic E-state index is 11.9. The predicted octanol–water partition coefficient (Wildman–Crippen LogP) is 3.01. The summed E-state index contributed by atoms with van der Waals surface area (Å²) in [6, 6.07) is 17.5. The van der Waals surface area contributed by atoms with Crippen LogP contribution in [0.3, 0.4) is 0 Å². The summed E-state index contributed by atoms with van der Waals surface area (Å²) in [7, 11) is 0. The Labute approximate surface area is 132 Å². The van der Waals surface area contributed by atoms with E-state index in [0.717, 1.165) is 16.3 Å². The van der Waals surface area contributed by atoms with Crippen LogP contribution in [0.15, 0.2) is 65.8 Å². The minimum absolute atomic E-state index is 0.204. The lowest BCUT2D eigenvalue weighted by Gasteiger charge is -2.03. The van der Waals surface area contributed by atoms with Crippen molar-refractivity contribution in [2.45, 2.75) is 0 Å². The van der Waals surface area contributed by atoms with Gasteiger partial charge in [0.1, 0.15) is 0 Å². The number of carbonyl (C=O) groups excluding carboxylic acids is 1. The molecule has 3 rings (SSSR count). The normalized spacial score (nSPS) is 11.0. The van der Waals surface area contributed by atoms with Gasteiger partial charge in [-0.25, -0.2) is 5.43 Å². The average Bonchev–Trinajstić information content (AvgIpc) is 2.57. The number of benzene rings is 3. The van der Waals surface area contributed by atoms with Gasteiger partial charge in [-0.1, -0.05) is 42.5 Å². The molecule has 0 aliphatic rings. The van der Waals surface area contributed by atoms with Gasteiger partial charge in [-0.15, -0.1) is 0 Å². The first-order valence-electron chi connectivity index (χ1n) is 6.98. The molecule has 5 nitrogen and oxygen atoms in total. The zero-order valence-electron chi connectivity index (χ0n) is 12.1. The maximum atomic E-state index is 11.9. The van der Waals surface area contributed by atoms with E-state index < -0.39 is 5.91 Å². The molecule has 0 heterocycles. The van der Waals surface area contributed by atoms with E-state index in [4.69, 9.17) is 0 Å². The molecule has 0 bridgehead atoms. The summed E-state index contributed by atoms with van der Waals surface area (Å²) in [4.78, 5) is 11.9. The first-order chi connectivity index (χ1) is 11.1. The van der Waals surface area contributed by atoms with E-state index in [1.807, 2.05) is 42.5 Å². The van der Waals surface area contributed by atoms with Crippen molar-refractivity contribution >= 4 is 22.9 Å². The van der Waals surface area contributed by atoms with Gasteiger partial charge < -0.3 is 10.2 Å². The Balaban J connectivity index is 1.77. The number of aromatic hydroxyl groups is 2. The van der Waals surface area contributed by atoms with E-state index in [9.17, 15) is 15.0 Å². The summed E-state index contributed by atoms with van der Waals surface area (Å²) < 4.78 is 0. The van der Waals surface area contributed by atoms with Gasteiger partial charge in [0.25, 0.3) is 5.91 Å². The van der Waals surface area contributed by atoms with E-state index in [1.54, 1.807) is 6.21 Å². The molecule has 0 spiro atoms. The molecule has 3 N–H and O–H groups in total. The Hall–Kier alpha value is -3.34. The molecule has 3 aromatic carbocycles. The molecule has 0 radical (unpaired) electrons. The van der Waals surface area contributed by atoms with Crippen LogP contribution in [0, 0.1) is 0 Å².